The zero-order valence-electron chi connectivity index (χ0n) is 12.6. The van der Waals surface area contributed by atoms with E-state index in [1.807, 2.05) is 49.4 Å². The fourth-order valence-corrected chi connectivity index (χ4v) is 2.27. The molecule has 4 nitrogen and oxygen atoms in total. The summed E-state index contributed by atoms with van der Waals surface area (Å²) in [6.45, 7) is 3.56. The van der Waals surface area contributed by atoms with Crippen LogP contribution in [0, 0.1) is 6.92 Å². The van der Waals surface area contributed by atoms with Gasteiger partial charge in [0.05, 0.1) is 12.6 Å². The van der Waals surface area contributed by atoms with Crippen molar-refractivity contribution >= 4 is 23.3 Å². The number of anilines is 1. The van der Waals surface area contributed by atoms with Crippen molar-refractivity contribution in [2.45, 2.75) is 19.9 Å². The van der Waals surface area contributed by atoms with Crippen LogP contribution >= 0.6 is 11.6 Å². The normalized spacial score (nSPS) is 11.8. The first kappa shape index (κ1) is 16.3. The van der Waals surface area contributed by atoms with E-state index in [2.05, 4.69) is 10.6 Å². The predicted octanol–water partition coefficient (Wildman–Crippen LogP) is 3.82. The summed E-state index contributed by atoms with van der Waals surface area (Å²) in [4.78, 5) is 11.8. The number of hydrogen-bond donors (Lipinski definition) is 3. The van der Waals surface area contributed by atoms with Crippen molar-refractivity contribution < 1.29 is 9.90 Å². The maximum absolute atomic E-state index is 11.8. The second-order valence-electron chi connectivity index (χ2n) is 5.22. The van der Waals surface area contributed by atoms with Gasteiger partial charge in [0.25, 0.3) is 0 Å². The molecule has 0 saturated carbocycles. The van der Waals surface area contributed by atoms with E-state index >= 15 is 0 Å². The molecule has 2 amide bonds. The van der Waals surface area contributed by atoms with Crippen LogP contribution in [0.1, 0.15) is 12.5 Å². The van der Waals surface area contributed by atoms with Crippen molar-refractivity contribution in [3.8, 4) is 11.1 Å². The molecule has 0 aliphatic heterocycles. The molecule has 2 aromatic rings. The molecular formula is C17H19ClN2O2. The summed E-state index contributed by atoms with van der Waals surface area (Å²) in [6.07, 6.45) is 0. The lowest BCUT2D eigenvalue weighted by atomic mass is 10.0. The predicted molar refractivity (Wildman–Crippen MR) is 90.3 cm³/mol. The summed E-state index contributed by atoms with van der Waals surface area (Å²) >= 11 is 6.01. The molecule has 22 heavy (non-hydrogen) atoms. The van der Waals surface area contributed by atoms with Gasteiger partial charge in [-0.3, -0.25) is 0 Å². The van der Waals surface area contributed by atoms with E-state index < -0.39 is 0 Å². The third-order valence-corrected chi connectivity index (χ3v) is 3.52. The fourth-order valence-electron chi connectivity index (χ4n) is 2.08. The topological polar surface area (TPSA) is 61.4 Å². The Kier molecular flexibility index (Phi) is 5.41. The molecule has 5 heteroatoms. The molecule has 0 aliphatic carbocycles. The monoisotopic (exact) mass is 318 g/mol. The average Bonchev–Trinajstić information content (AvgIpc) is 2.49. The standard InChI is InChI=1S/C17H19ClN2O2/c1-11-8-14(13-4-3-5-15(18)9-13)6-7-16(11)20-17(22)19-12(2)10-21/h3-9,12,21H,10H2,1-2H3,(H2,19,20,22). The van der Waals surface area contributed by atoms with Crippen LogP contribution in [0.25, 0.3) is 11.1 Å². The van der Waals surface area contributed by atoms with Crippen molar-refractivity contribution in [1.29, 1.82) is 0 Å². The van der Waals surface area contributed by atoms with Gasteiger partial charge in [0.2, 0.25) is 0 Å². The van der Waals surface area contributed by atoms with Gasteiger partial charge in [-0.15, -0.1) is 0 Å². The van der Waals surface area contributed by atoms with E-state index in [4.69, 9.17) is 16.7 Å². The first-order valence-corrected chi connectivity index (χ1v) is 7.42. The van der Waals surface area contributed by atoms with Crippen LogP contribution in [0.3, 0.4) is 0 Å². The molecule has 2 aromatic carbocycles. The van der Waals surface area contributed by atoms with E-state index in [-0.39, 0.29) is 18.7 Å². The summed E-state index contributed by atoms with van der Waals surface area (Å²) in [5, 5.41) is 15.0. The number of urea groups is 1. The summed E-state index contributed by atoms with van der Waals surface area (Å²) < 4.78 is 0. The zero-order valence-corrected chi connectivity index (χ0v) is 13.3. The highest BCUT2D eigenvalue weighted by Crippen LogP contribution is 2.26. The molecule has 1 unspecified atom stereocenters. The van der Waals surface area contributed by atoms with Gasteiger partial charge in [-0.1, -0.05) is 29.8 Å². The molecule has 0 spiro atoms. The number of nitrogens with one attached hydrogen (secondary N) is 2. The van der Waals surface area contributed by atoms with Crippen molar-refractivity contribution in [2.24, 2.45) is 0 Å². The van der Waals surface area contributed by atoms with Gasteiger partial charge in [0.15, 0.2) is 0 Å². The zero-order chi connectivity index (χ0) is 16.1. The van der Waals surface area contributed by atoms with Gasteiger partial charge in [0.1, 0.15) is 0 Å². The summed E-state index contributed by atoms with van der Waals surface area (Å²) in [7, 11) is 0. The minimum Gasteiger partial charge on any atom is -0.394 e. The minimum absolute atomic E-state index is 0.0971. The maximum atomic E-state index is 11.8. The molecule has 0 heterocycles. The number of amides is 2. The lowest BCUT2D eigenvalue weighted by Crippen LogP contribution is -2.38. The molecule has 0 aromatic heterocycles. The number of aryl methyl sites for hydroxylation is 1. The van der Waals surface area contributed by atoms with Gasteiger partial charge in [-0.25, -0.2) is 4.79 Å². The Balaban J connectivity index is 2.15. The van der Waals surface area contributed by atoms with Crippen LogP contribution < -0.4 is 10.6 Å². The summed E-state index contributed by atoms with van der Waals surface area (Å²) in [5.41, 5.74) is 3.74. The fraction of sp³-hybridized carbons (Fsp3) is 0.235. The third kappa shape index (κ3) is 4.23. The number of halogens is 1. The number of aliphatic hydroxyl groups is 1. The molecule has 1 atom stereocenters. The van der Waals surface area contributed by atoms with Crippen molar-refractivity contribution in [3.05, 3.63) is 53.1 Å². The van der Waals surface area contributed by atoms with Gasteiger partial charge >= 0.3 is 6.03 Å². The van der Waals surface area contributed by atoms with E-state index in [0.717, 1.165) is 22.4 Å². The van der Waals surface area contributed by atoms with Crippen LogP contribution in [0.4, 0.5) is 10.5 Å². The smallest absolute Gasteiger partial charge is 0.319 e. The number of aliphatic hydroxyl groups excluding tert-OH is 1. The Labute approximate surface area is 135 Å². The van der Waals surface area contributed by atoms with Crippen molar-refractivity contribution in [1.82, 2.24) is 5.32 Å². The highest BCUT2D eigenvalue weighted by Gasteiger charge is 2.08. The second-order valence-corrected chi connectivity index (χ2v) is 5.66. The second kappa shape index (κ2) is 7.29. The lowest BCUT2D eigenvalue weighted by Gasteiger charge is -2.14. The van der Waals surface area contributed by atoms with Crippen molar-refractivity contribution in [3.63, 3.8) is 0 Å². The number of benzene rings is 2. The van der Waals surface area contributed by atoms with Crippen molar-refractivity contribution in [2.75, 3.05) is 11.9 Å². The van der Waals surface area contributed by atoms with Gasteiger partial charge in [0, 0.05) is 10.7 Å². The summed E-state index contributed by atoms with van der Waals surface area (Å²) in [5.74, 6) is 0. The van der Waals surface area contributed by atoms with Crippen LogP contribution in [0.15, 0.2) is 42.5 Å². The summed E-state index contributed by atoms with van der Waals surface area (Å²) in [6, 6.07) is 12.8. The number of hydrogen-bond acceptors (Lipinski definition) is 2. The molecule has 0 aliphatic rings. The Bertz CT molecular complexity index is 673. The van der Waals surface area contributed by atoms with Gasteiger partial charge in [-0.05, 0) is 54.8 Å². The van der Waals surface area contributed by atoms with E-state index in [9.17, 15) is 4.79 Å². The highest BCUT2D eigenvalue weighted by atomic mass is 35.5. The van der Waals surface area contributed by atoms with Crippen LogP contribution in [0.5, 0.6) is 0 Å². The van der Waals surface area contributed by atoms with Crippen LogP contribution in [0.2, 0.25) is 5.02 Å². The van der Waals surface area contributed by atoms with Crippen LogP contribution in [-0.4, -0.2) is 23.8 Å². The number of carbonyl (C=O) groups excluding carboxylic acids is 1. The molecule has 3 N–H and O–H groups in total. The Hall–Kier alpha value is -2.04. The molecule has 0 bridgehead atoms. The van der Waals surface area contributed by atoms with E-state index in [0.29, 0.717) is 5.02 Å². The molecule has 0 fully saturated rings. The first-order valence-electron chi connectivity index (χ1n) is 7.04. The van der Waals surface area contributed by atoms with Gasteiger partial charge in [-0.2, -0.15) is 0 Å². The average molecular weight is 319 g/mol. The Morgan fingerprint density at radius 2 is 1.95 bits per heavy atom. The SMILES string of the molecule is Cc1cc(-c2cccc(Cl)c2)ccc1NC(=O)NC(C)CO. The highest BCUT2D eigenvalue weighted by molar-refractivity contribution is 6.30. The number of carbonyl (C=O) groups is 1. The lowest BCUT2D eigenvalue weighted by molar-refractivity contribution is 0.229. The Morgan fingerprint density at radius 3 is 2.59 bits per heavy atom. The molecule has 116 valence electrons. The molecular weight excluding hydrogens is 300 g/mol. The van der Waals surface area contributed by atoms with Gasteiger partial charge < -0.3 is 15.7 Å². The van der Waals surface area contributed by atoms with Crippen LogP contribution in [-0.2, 0) is 0 Å². The largest absolute Gasteiger partial charge is 0.394 e. The maximum Gasteiger partial charge on any atom is 0.319 e. The Morgan fingerprint density at radius 1 is 1.23 bits per heavy atom. The molecule has 0 saturated heterocycles. The first-order chi connectivity index (χ1) is 10.5. The molecule has 2 rings (SSSR count). The quantitative estimate of drug-likeness (QED) is 0.802. The minimum atomic E-state index is -0.333. The van der Waals surface area contributed by atoms with E-state index in [1.165, 1.54) is 0 Å². The number of rotatable bonds is 4. The third-order valence-electron chi connectivity index (χ3n) is 3.28. The van der Waals surface area contributed by atoms with E-state index in [1.54, 1.807) is 6.92 Å². The molecule has 0 radical (unpaired) electrons.